The molecule has 0 radical (unpaired) electrons. The number of carbonyl (C=O) groups is 2. The molecule has 344 valence electrons. The van der Waals surface area contributed by atoms with Crippen LogP contribution in [0.3, 0.4) is 0 Å². The average molecular weight is 1470 g/mol. The maximum Gasteiger partial charge on any atom is 1.00 e. The largest absolute Gasteiger partial charge is 1.00 e. The van der Waals surface area contributed by atoms with Crippen molar-refractivity contribution in [3.63, 3.8) is 0 Å². The number of nitrogens with zero attached hydrogens (tertiary/aromatic N) is 7. The second-order valence-electron chi connectivity index (χ2n) is 13.4. The van der Waals surface area contributed by atoms with Crippen molar-refractivity contribution in [3.05, 3.63) is 63.8 Å². The predicted molar refractivity (Wildman–Crippen MR) is 279 cm³/mol. The van der Waals surface area contributed by atoms with Crippen molar-refractivity contribution in [3.8, 4) is 5.06 Å². The third kappa shape index (κ3) is 25.7. The van der Waals surface area contributed by atoms with Gasteiger partial charge in [0.05, 0.1) is 66.6 Å². The summed E-state index contributed by atoms with van der Waals surface area (Å²) >= 11 is 33.7. The van der Waals surface area contributed by atoms with E-state index in [-0.39, 0.29) is 31.0 Å². The number of amides is 2. The molecule has 2 N–H and O–H groups in total. The molecular weight excluding hydrogens is 1420 g/mol. The Morgan fingerprint density at radius 2 is 1.05 bits per heavy atom. The molecule has 0 saturated heterocycles. The van der Waals surface area contributed by atoms with Gasteiger partial charge in [0.1, 0.15) is 27.6 Å². The number of anilines is 1. The average Bonchev–Trinajstić information content (AvgIpc) is 3.98. The van der Waals surface area contributed by atoms with E-state index in [1.165, 1.54) is 67.5 Å². The maximum absolute atomic E-state index is 11.8. The quantitative estimate of drug-likeness (QED) is 0.126. The van der Waals surface area contributed by atoms with Crippen molar-refractivity contribution >= 4 is 202 Å². The van der Waals surface area contributed by atoms with Gasteiger partial charge in [-0.3, -0.25) is 0 Å². The molecule has 0 unspecified atom stereocenters. The van der Waals surface area contributed by atoms with Gasteiger partial charge in [-0.2, -0.15) is 29.0 Å². The molecule has 0 fully saturated rings. The number of nitrogens with two attached hydrogens (primary N) is 1. The fourth-order valence-electron chi connectivity index (χ4n) is 3.25. The van der Waals surface area contributed by atoms with E-state index >= 15 is 0 Å². The van der Waals surface area contributed by atoms with Gasteiger partial charge in [0.15, 0.2) is 0 Å². The number of ether oxygens (including phenoxy) is 3. The zero-order valence-corrected chi connectivity index (χ0v) is 52.7. The Hall–Kier alpha value is 0.687. The zero-order chi connectivity index (χ0) is 47.4. The topological polar surface area (TPSA) is 182 Å². The Bertz CT molecular complexity index is 2040. The standard InChI is InChI=1S/C11H17BrN2O3S.C10H14Br2N2O2S.C4H2Br3NS.C4H3Br2NS.C4H6N2S.CH3O.Li/c1-11(2,3)17-10(15)14(4)6-7-8(12)9(16-5)18-13-7;1-10(2,3)16-9(15)14(4)5-6-7(11)8(12)17-13-6;5-1-2-3(6)4(7)9-8-2;1-2-3(5)4(6)8-7-2;1-3-2-4(5)7-6-3;1-2;/h6H2,1-5H3;5H2,1-4H3;1H2;1H3;2H,5H2,1H3;1H3;/q;;;;;-1;+1. The number of methoxy groups -OCH3 is 1. The van der Waals surface area contributed by atoms with Gasteiger partial charge in [-0.15, -0.1) is 0 Å². The molecule has 2 amide bonds. The fourth-order valence-corrected chi connectivity index (χ4v) is 10.6. The monoisotopic (exact) mass is 1460 g/mol. The second-order valence-corrected chi connectivity index (χ2v) is 25.0. The molecule has 28 heteroatoms. The molecule has 0 aromatic carbocycles. The number of aromatic nitrogens is 5. The smallest absolute Gasteiger partial charge is 0.857 e. The molecule has 0 spiro atoms. The van der Waals surface area contributed by atoms with E-state index in [1.807, 2.05) is 61.5 Å². The molecule has 0 aliphatic rings. The summed E-state index contributed by atoms with van der Waals surface area (Å²) in [5.41, 5.74) is 9.02. The van der Waals surface area contributed by atoms with E-state index in [1.54, 1.807) is 21.2 Å². The molecular formula is C34H45Br8LiN8O6S5. The van der Waals surface area contributed by atoms with Crippen molar-refractivity contribution in [2.45, 2.75) is 85.0 Å². The summed E-state index contributed by atoms with van der Waals surface area (Å²) in [7, 11) is 5.69. The summed E-state index contributed by atoms with van der Waals surface area (Å²) < 4.78 is 43.1. The molecule has 5 heterocycles. The van der Waals surface area contributed by atoms with Gasteiger partial charge in [-0.25, -0.2) is 9.59 Å². The van der Waals surface area contributed by atoms with Crippen LogP contribution in [0.1, 0.15) is 70.0 Å². The van der Waals surface area contributed by atoms with E-state index in [0.29, 0.717) is 18.2 Å². The summed E-state index contributed by atoms with van der Waals surface area (Å²) in [6.07, 6.45) is -0.727. The first-order chi connectivity index (χ1) is 28.2. The molecule has 14 nitrogen and oxygen atoms in total. The van der Waals surface area contributed by atoms with E-state index in [2.05, 4.69) is 149 Å². The van der Waals surface area contributed by atoms with Crippen molar-refractivity contribution in [2.75, 3.05) is 34.0 Å². The van der Waals surface area contributed by atoms with Crippen LogP contribution in [-0.4, -0.2) is 83.4 Å². The molecule has 5 aromatic heterocycles. The Morgan fingerprint density at radius 3 is 1.27 bits per heavy atom. The Morgan fingerprint density at radius 1 is 0.661 bits per heavy atom. The van der Waals surface area contributed by atoms with Gasteiger partial charge in [0, 0.05) is 31.0 Å². The minimum atomic E-state index is -0.498. The molecule has 5 rings (SSSR count). The van der Waals surface area contributed by atoms with Crippen molar-refractivity contribution in [2.24, 2.45) is 0 Å². The SMILES string of the molecule is BrCc1nsc(Br)c1Br.CN(Cc1nsc(Br)c1Br)C(=O)OC(C)(C)C.COc1snc(CN(C)C(=O)OC(C)(C)C)c1Br.C[O-].Cc1cc(N)sn1.Cc1nsc(Br)c1Br.[Li+]. The number of aryl methyl sites for hydroxylation is 2. The number of carbonyl (C=O) groups excluding carboxylic acids is 2. The van der Waals surface area contributed by atoms with Gasteiger partial charge in [0.25, 0.3) is 0 Å². The number of rotatable bonds is 6. The van der Waals surface area contributed by atoms with Crippen molar-refractivity contribution < 1.29 is 47.8 Å². The summed E-state index contributed by atoms with van der Waals surface area (Å²) in [6, 6.07) is 1.85. The van der Waals surface area contributed by atoms with Gasteiger partial charge >= 0.3 is 31.0 Å². The summed E-state index contributed by atoms with van der Waals surface area (Å²) in [5, 5.41) is 10.5. The van der Waals surface area contributed by atoms with Crippen LogP contribution in [0, 0.1) is 13.8 Å². The van der Waals surface area contributed by atoms with Gasteiger partial charge in [0.2, 0.25) is 5.06 Å². The van der Waals surface area contributed by atoms with E-state index in [9.17, 15) is 9.59 Å². The number of nitrogen functional groups attached to an aromatic ring is 1. The maximum atomic E-state index is 11.8. The van der Waals surface area contributed by atoms with Crippen molar-refractivity contribution in [1.82, 2.24) is 31.7 Å². The van der Waals surface area contributed by atoms with Crippen molar-refractivity contribution in [1.29, 1.82) is 0 Å². The van der Waals surface area contributed by atoms with Gasteiger partial charge in [-0.05, 0) is 219 Å². The summed E-state index contributed by atoms with van der Waals surface area (Å²) in [4.78, 5) is 26.5. The molecule has 0 atom stereocenters. The first-order valence-corrected chi connectivity index (χ1v) is 27.3. The molecule has 0 aliphatic carbocycles. The van der Waals surface area contributed by atoms with Crippen LogP contribution in [0.2, 0.25) is 0 Å². The minimum Gasteiger partial charge on any atom is -0.857 e. The molecule has 62 heavy (non-hydrogen) atoms. The van der Waals surface area contributed by atoms with E-state index in [4.69, 9.17) is 25.1 Å². The van der Waals surface area contributed by atoms with E-state index in [0.717, 1.165) is 75.2 Å². The Kier molecular flexibility index (Phi) is 33.9. The summed E-state index contributed by atoms with van der Waals surface area (Å²) in [6.45, 7) is 15.7. The van der Waals surface area contributed by atoms with E-state index < -0.39 is 11.2 Å². The summed E-state index contributed by atoms with van der Waals surface area (Å²) in [5.74, 6) is 0. The van der Waals surface area contributed by atoms with Crippen LogP contribution in [-0.2, 0) is 27.9 Å². The molecule has 5 aromatic rings. The molecule has 0 bridgehead atoms. The Labute approximate surface area is 463 Å². The second kappa shape index (κ2) is 32.4. The first-order valence-electron chi connectivity index (χ1n) is 16.8. The third-order valence-electron chi connectivity index (χ3n) is 5.89. The van der Waals surface area contributed by atoms with Crippen LogP contribution in [0.5, 0.6) is 5.06 Å². The zero-order valence-electron chi connectivity index (χ0n) is 35.9. The van der Waals surface area contributed by atoms with Crippen LogP contribution in [0.4, 0.5) is 14.6 Å². The number of hydrogen-bond donors (Lipinski definition) is 1. The predicted octanol–water partition coefficient (Wildman–Crippen LogP) is 10.9. The minimum absolute atomic E-state index is 0. The van der Waals surface area contributed by atoms with Crippen LogP contribution in [0.15, 0.2) is 35.3 Å². The van der Waals surface area contributed by atoms with Gasteiger partial charge in [-0.1, -0.05) is 15.9 Å². The molecule has 0 aliphatic heterocycles. The number of hydrogen-bond acceptors (Lipinski definition) is 17. The first kappa shape index (κ1) is 64.8. The Balaban J connectivity index is 0. The normalized spacial score (nSPS) is 10.3. The van der Waals surface area contributed by atoms with Crippen LogP contribution in [0.25, 0.3) is 0 Å². The van der Waals surface area contributed by atoms with Crippen LogP contribution >= 0.6 is 185 Å². The number of halogens is 8. The van der Waals surface area contributed by atoms with Gasteiger partial charge < -0.3 is 34.9 Å². The van der Waals surface area contributed by atoms with Crippen LogP contribution < -0.4 is 34.4 Å². The number of alkyl halides is 1. The molecule has 0 saturated carbocycles. The fraction of sp³-hybridized carbons (Fsp3) is 0.500. The third-order valence-corrected chi connectivity index (χ3v) is 18.7.